The molecule has 4 nitrogen and oxygen atoms in total. The maximum atomic E-state index is 10.0. The predicted molar refractivity (Wildman–Crippen MR) is 63.5 cm³/mol. The van der Waals surface area contributed by atoms with Crippen LogP contribution >= 0.6 is 0 Å². The van der Waals surface area contributed by atoms with Gasteiger partial charge in [0.25, 0.3) is 0 Å². The molecular formula is C13H14N2O2. The Balaban J connectivity index is 2.11. The van der Waals surface area contributed by atoms with Crippen molar-refractivity contribution in [3.63, 3.8) is 0 Å². The number of hydrogen-bond acceptors (Lipinski definition) is 4. The number of aromatic nitrogens is 2. The van der Waals surface area contributed by atoms with Crippen LogP contribution in [0.25, 0.3) is 0 Å². The fourth-order valence-corrected chi connectivity index (χ4v) is 1.62. The van der Waals surface area contributed by atoms with Crippen LogP contribution in [0.4, 0.5) is 0 Å². The van der Waals surface area contributed by atoms with E-state index in [9.17, 15) is 5.11 Å². The van der Waals surface area contributed by atoms with Gasteiger partial charge in [0.05, 0.1) is 5.69 Å². The molecule has 0 saturated carbocycles. The van der Waals surface area contributed by atoms with Crippen LogP contribution in [0, 0.1) is 6.92 Å². The van der Waals surface area contributed by atoms with Gasteiger partial charge < -0.3 is 10.2 Å². The second kappa shape index (κ2) is 4.93. The number of benzene rings is 1. The molecular weight excluding hydrogens is 216 g/mol. The molecule has 0 spiro atoms. The summed E-state index contributed by atoms with van der Waals surface area (Å²) >= 11 is 0. The maximum Gasteiger partial charge on any atom is 0.125 e. The minimum atomic E-state index is -0.652. The Morgan fingerprint density at radius 2 is 1.88 bits per heavy atom. The zero-order valence-corrected chi connectivity index (χ0v) is 9.54. The number of phenols is 1. The smallest absolute Gasteiger partial charge is 0.125 e. The standard InChI is InChI=1S/C13H14N2O2/c1-9-14-7-6-12(15-9)13(17)8-10-2-4-11(16)5-3-10/h2-7,13,16-17H,8H2,1H3. The average molecular weight is 230 g/mol. The SMILES string of the molecule is Cc1nccc(C(O)Cc2ccc(O)cc2)n1. The van der Waals surface area contributed by atoms with Crippen LogP contribution in [-0.4, -0.2) is 20.2 Å². The van der Waals surface area contributed by atoms with Crippen LogP contribution in [0.15, 0.2) is 36.5 Å². The molecule has 1 unspecified atom stereocenters. The Morgan fingerprint density at radius 3 is 2.53 bits per heavy atom. The molecule has 2 N–H and O–H groups in total. The Labute approximate surface area is 99.6 Å². The zero-order chi connectivity index (χ0) is 12.3. The lowest BCUT2D eigenvalue weighted by Crippen LogP contribution is -2.05. The highest BCUT2D eigenvalue weighted by Gasteiger charge is 2.10. The third kappa shape index (κ3) is 3.01. The van der Waals surface area contributed by atoms with E-state index in [1.165, 1.54) is 0 Å². The molecule has 4 heteroatoms. The first kappa shape index (κ1) is 11.5. The molecule has 0 bridgehead atoms. The van der Waals surface area contributed by atoms with Gasteiger partial charge in [0.2, 0.25) is 0 Å². The molecule has 1 aromatic carbocycles. The third-order valence-corrected chi connectivity index (χ3v) is 2.50. The normalized spacial score (nSPS) is 12.4. The lowest BCUT2D eigenvalue weighted by Gasteiger charge is -2.10. The molecule has 1 aromatic heterocycles. The number of hydrogen-bond donors (Lipinski definition) is 2. The summed E-state index contributed by atoms with van der Waals surface area (Å²) in [4.78, 5) is 8.16. The predicted octanol–water partition coefficient (Wildman–Crippen LogP) is 1.77. The van der Waals surface area contributed by atoms with Gasteiger partial charge in [-0.1, -0.05) is 12.1 Å². The summed E-state index contributed by atoms with van der Waals surface area (Å²) in [6.07, 6.45) is 1.45. The molecule has 17 heavy (non-hydrogen) atoms. The van der Waals surface area contributed by atoms with Gasteiger partial charge in [-0.2, -0.15) is 0 Å². The Bertz CT molecular complexity index is 497. The number of nitrogens with zero attached hydrogens (tertiary/aromatic N) is 2. The summed E-state index contributed by atoms with van der Waals surface area (Å²) in [5.74, 6) is 0.869. The molecule has 88 valence electrons. The van der Waals surface area contributed by atoms with E-state index in [2.05, 4.69) is 9.97 Å². The van der Waals surface area contributed by atoms with Crippen LogP contribution in [0.2, 0.25) is 0 Å². The molecule has 0 fully saturated rings. The van der Waals surface area contributed by atoms with E-state index in [4.69, 9.17) is 5.11 Å². The highest BCUT2D eigenvalue weighted by molar-refractivity contribution is 5.27. The van der Waals surface area contributed by atoms with Crippen molar-refractivity contribution in [2.24, 2.45) is 0 Å². The summed E-state index contributed by atoms with van der Waals surface area (Å²) in [5, 5.41) is 19.2. The van der Waals surface area contributed by atoms with Gasteiger partial charge in [0.15, 0.2) is 0 Å². The van der Waals surface area contributed by atoms with E-state index in [1.807, 2.05) is 0 Å². The number of aliphatic hydroxyl groups is 1. The van der Waals surface area contributed by atoms with Gasteiger partial charge >= 0.3 is 0 Å². The Morgan fingerprint density at radius 1 is 1.18 bits per heavy atom. The van der Waals surface area contributed by atoms with Crippen LogP contribution in [-0.2, 0) is 6.42 Å². The van der Waals surface area contributed by atoms with Crippen LogP contribution in [0.3, 0.4) is 0 Å². The molecule has 0 aliphatic heterocycles. The average Bonchev–Trinajstić information content (AvgIpc) is 2.32. The molecule has 0 aliphatic carbocycles. The largest absolute Gasteiger partial charge is 0.508 e. The fourth-order valence-electron chi connectivity index (χ4n) is 1.62. The number of phenolic OH excluding ortho intramolecular Hbond substituents is 1. The van der Waals surface area contributed by atoms with Gasteiger partial charge in [-0.15, -0.1) is 0 Å². The summed E-state index contributed by atoms with van der Waals surface area (Å²) in [7, 11) is 0. The van der Waals surface area contributed by atoms with Crippen molar-refractivity contribution in [2.75, 3.05) is 0 Å². The summed E-state index contributed by atoms with van der Waals surface area (Å²) in [6, 6.07) is 8.48. The van der Waals surface area contributed by atoms with Gasteiger partial charge in [-0.25, -0.2) is 9.97 Å². The summed E-state index contributed by atoms with van der Waals surface area (Å²) in [6.45, 7) is 1.79. The van der Waals surface area contributed by atoms with Gasteiger partial charge in [0.1, 0.15) is 17.7 Å². The molecule has 1 heterocycles. The molecule has 2 aromatic rings. The van der Waals surface area contributed by atoms with Crippen molar-refractivity contribution >= 4 is 0 Å². The molecule has 2 rings (SSSR count). The minimum Gasteiger partial charge on any atom is -0.508 e. The van der Waals surface area contributed by atoms with Crippen molar-refractivity contribution in [1.82, 2.24) is 9.97 Å². The topological polar surface area (TPSA) is 66.2 Å². The molecule has 1 atom stereocenters. The summed E-state index contributed by atoms with van der Waals surface area (Å²) < 4.78 is 0. The number of aryl methyl sites for hydroxylation is 1. The van der Waals surface area contributed by atoms with Crippen molar-refractivity contribution in [2.45, 2.75) is 19.4 Å². The Hall–Kier alpha value is -1.94. The second-order valence-electron chi connectivity index (χ2n) is 3.92. The zero-order valence-electron chi connectivity index (χ0n) is 9.54. The van der Waals surface area contributed by atoms with E-state index in [-0.39, 0.29) is 5.75 Å². The third-order valence-electron chi connectivity index (χ3n) is 2.50. The number of aromatic hydroxyl groups is 1. The van der Waals surface area contributed by atoms with Crippen LogP contribution < -0.4 is 0 Å². The van der Waals surface area contributed by atoms with E-state index < -0.39 is 6.10 Å². The van der Waals surface area contributed by atoms with E-state index in [0.29, 0.717) is 17.9 Å². The van der Waals surface area contributed by atoms with Crippen LogP contribution in [0.5, 0.6) is 5.75 Å². The Kier molecular flexibility index (Phi) is 3.35. The highest BCUT2D eigenvalue weighted by Crippen LogP contribution is 2.18. The molecule has 0 amide bonds. The van der Waals surface area contributed by atoms with Gasteiger partial charge in [-0.05, 0) is 30.7 Å². The van der Waals surface area contributed by atoms with E-state index >= 15 is 0 Å². The lowest BCUT2D eigenvalue weighted by molar-refractivity contribution is 0.173. The first-order chi connectivity index (χ1) is 8.15. The van der Waals surface area contributed by atoms with Crippen molar-refractivity contribution in [3.8, 4) is 5.75 Å². The van der Waals surface area contributed by atoms with Crippen LogP contribution in [0.1, 0.15) is 23.2 Å². The number of rotatable bonds is 3. The van der Waals surface area contributed by atoms with Gasteiger partial charge in [0, 0.05) is 12.6 Å². The van der Waals surface area contributed by atoms with Crippen molar-refractivity contribution < 1.29 is 10.2 Å². The first-order valence-electron chi connectivity index (χ1n) is 5.40. The highest BCUT2D eigenvalue weighted by atomic mass is 16.3. The van der Waals surface area contributed by atoms with Crippen molar-refractivity contribution in [3.05, 3.63) is 53.6 Å². The quantitative estimate of drug-likeness (QED) is 0.843. The molecule has 0 aliphatic rings. The minimum absolute atomic E-state index is 0.223. The first-order valence-corrected chi connectivity index (χ1v) is 5.40. The second-order valence-corrected chi connectivity index (χ2v) is 3.92. The molecule has 0 saturated heterocycles. The molecule has 0 radical (unpaired) electrons. The van der Waals surface area contributed by atoms with E-state index in [1.54, 1.807) is 43.5 Å². The van der Waals surface area contributed by atoms with Gasteiger partial charge in [-0.3, -0.25) is 0 Å². The maximum absolute atomic E-state index is 10.0. The monoisotopic (exact) mass is 230 g/mol. The van der Waals surface area contributed by atoms with E-state index in [0.717, 1.165) is 5.56 Å². The number of aliphatic hydroxyl groups excluding tert-OH is 1. The van der Waals surface area contributed by atoms with Crippen molar-refractivity contribution in [1.29, 1.82) is 0 Å². The fraction of sp³-hybridized carbons (Fsp3) is 0.231. The summed E-state index contributed by atoms with van der Waals surface area (Å²) in [5.41, 5.74) is 1.57. The lowest BCUT2D eigenvalue weighted by atomic mass is 10.1.